The number of fused-ring (bicyclic) bond motifs is 1. The lowest BCUT2D eigenvalue weighted by Crippen LogP contribution is -2.30. The minimum absolute atomic E-state index is 0.593. The first-order chi connectivity index (χ1) is 9.02. The Kier molecular flexibility index (Phi) is 4.42. The summed E-state index contributed by atoms with van der Waals surface area (Å²) in [6.07, 6.45) is 1.12. The van der Waals surface area contributed by atoms with Crippen molar-refractivity contribution >= 4 is 26.8 Å². The highest BCUT2D eigenvalue weighted by Crippen LogP contribution is 2.27. The quantitative estimate of drug-likeness (QED) is 0.883. The van der Waals surface area contributed by atoms with Gasteiger partial charge >= 0.3 is 0 Å². The number of nitrogens with one attached hydrogen (secondary N) is 1. The Morgan fingerprint density at radius 1 is 1.47 bits per heavy atom. The fourth-order valence-corrected chi connectivity index (χ4v) is 3.04. The summed E-state index contributed by atoms with van der Waals surface area (Å²) >= 11 is 1.69. The van der Waals surface area contributed by atoms with E-state index in [1.54, 1.807) is 11.3 Å². The molecule has 1 N–H and O–H groups in total. The van der Waals surface area contributed by atoms with E-state index in [2.05, 4.69) is 41.2 Å². The Morgan fingerprint density at radius 3 is 2.84 bits per heavy atom. The maximum absolute atomic E-state index is 4.59. The van der Waals surface area contributed by atoms with Crippen LogP contribution in [-0.4, -0.2) is 45.8 Å². The molecule has 2 aromatic heterocycles. The molecule has 0 unspecified atom stereocenters. The van der Waals surface area contributed by atoms with E-state index in [0.29, 0.717) is 6.04 Å². The van der Waals surface area contributed by atoms with Crippen LogP contribution in [0.1, 0.15) is 26.0 Å². The molecule has 106 valence electrons. The van der Waals surface area contributed by atoms with Crippen LogP contribution in [0.25, 0.3) is 10.3 Å². The summed E-state index contributed by atoms with van der Waals surface area (Å²) in [6.45, 7) is 8.53. The average molecular weight is 281 g/mol. The zero-order valence-corrected chi connectivity index (χ0v) is 13.2. The first-order valence-electron chi connectivity index (χ1n) is 6.77. The van der Waals surface area contributed by atoms with Gasteiger partial charge in [0.2, 0.25) is 0 Å². The van der Waals surface area contributed by atoms with E-state index in [9.17, 15) is 0 Å². The maximum Gasteiger partial charge on any atom is 0.185 e. The normalized spacial score (nSPS) is 13.4. The molecule has 2 heterocycles. The smallest absolute Gasteiger partial charge is 0.185 e. The van der Waals surface area contributed by atoms with Crippen LogP contribution in [0, 0.1) is 6.92 Å². The third-order valence-electron chi connectivity index (χ3n) is 3.63. The number of hydrogen-bond acceptors (Lipinski definition) is 5. The van der Waals surface area contributed by atoms with Gasteiger partial charge in [-0.15, -0.1) is 0 Å². The molecule has 2 aromatic rings. The molecule has 0 aliphatic rings. The van der Waals surface area contributed by atoms with Crippen LogP contribution in [0.15, 0.2) is 0 Å². The second-order valence-electron chi connectivity index (χ2n) is 5.02. The van der Waals surface area contributed by atoms with Gasteiger partial charge in [-0.05, 0) is 33.9 Å². The number of thiazole rings is 1. The van der Waals surface area contributed by atoms with Crippen molar-refractivity contribution in [1.29, 1.82) is 0 Å². The van der Waals surface area contributed by atoms with E-state index in [1.165, 1.54) is 4.70 Å². The molecule has 1 atom stereocenters. The number of hydrogen-bond donors (Lipinski definition) is 1. The van der Waals surface area contributed by atoms with Crippen LogP contribution >= 0.6 is 11.3 Å². The SMILES string of the molecule is CCN(C)[C@@H](C)CCNc1nc2c(s1)c(C)nn2C. The molecule has 0 aliphatic heterocycles. The number of rotatable bonds is 6. The first-order valence-corrected chi connectivity index (χ1v) is 7.58. The minimum Gasteiger partial charge on any atom is -0.361 e. The van der Waals surface area contributed by atoms with E-state index in [-0.39, 0.29) is 0 Å². The van der Waals surface area contributed by atoms with Gasteiger partial charge in [-0.2, -0.15) is 5.10 Å². The fourth-order valence-electron chi connectivity index (χ4n) is 2.08. The molecule has 0 aromatic carbocycles. The molecule has 0 amide bonds. The van der Waals surface area contributed by atoms with Gasteiger partial charge in [0.25, 0.3) is 0 Å². The summed E-state index contributed by atoms with van der Waals surface area (Å²) in [6, 6.07) is 0.593. The molecule has 0 spiro atoms. The summed E-state index contributed by atoms with van der Waals surface area (Å²) in [4.78, 5) is 6.94. The van der Waals surface area contributed by atoms with Crippen molar-refractivity contribution in [2.45, 2.75) is 33.2 Å². The van der Waals surface area contributed by atoms with Crippen molar-refractivity contribution in [2.75, 3.05) is 25.5 Å². The zero-order valence-electron chi connectivity index (χ0n) is 12.4. The predicted octanol–water partition coefficient (Wildman–Crippen LogP) is 2.48. The highest BCUT2D eigenvalue weighted by molar-refractivity contribution is 7.22. The molecule has 2 rings (SSSR count). The second-order valence-corrected chi connectivity index (χ2v) is 6.02. The Bertz CT molecular complexity index is 510. The van der Waals surface area contributed by atoms with Crippen molar-refractivity contribution < 1.29 is 0 Å². The summed E-state index contributed by atoms with van der Waals surface area (Å²) < 4.78 is 3.03. The predicted molar refractivity (Wildman–Crippen MR) is 82.0 cm³/mol. The van der Waals surface area contributed by atoms with Crippen molar-refractivity contribution in [3.8, 4) is 0 Å². The lowest BCUT2D eigenvalue weighted by molar-refractivity contribution is 0.263. The summed E-state index contributed by atoms with van der Waals surface area (Å²) in [7, 11) is 4.11. The highest BCUT2D eigenvalue weighted by Gasteiger charge is 2.12. The monoisotopic (exact) mass is 281 g/mol. The lowest BCUT2D eigenvalue weighted by Gasteiger charge is -2.22. The molecule has 0 radical (unpaired) electrons. The Morgan fingerprint density at radius 2 is 2.21 bits per heavy atom. The third-order valence-corrected chi connectivity index (χ3v) is 4.75. The van der Waals surface area contributed by atoms with E-state index in [1.807, 2.05) is 18.7 Å². The maximum atomic E-state index is 4.59. The minimum atomic E-state index is 0.593. The summed E-state index contributed by atoms with van der Waals surface area (Å²) in [5.74, 6) is 0. The summed E-state index contributed by atoms with van der Waals surface area (Å²) in [5, 5.41) is 8.79. The largest absolute Gasteiger partial charge is 0.361 e. The lowest BCUT2D eigenvalue weighted by atomic mass is 10.2. The van der Waals surface area contributed by atoms with Crippen molar-refractivity contribution in [2.24, 2.45) is 7.05 Å². The van der Waals surface area contributed by atoms with Crippen LogP contribution in [0.5, 0.6) is 0 Å². The number of anilines is 1. The molecule has 0 saturated carbocycles. The van der Waals surface area contributed by atoms with Gasteiger partial charge < -0.3 is 10.2 Å². The van der Waals surface area contributed by atoms with E-state index in [4.69, 9.17) is 0 Å². The van der Waals surface area contributed by atoms with Crippen LogP contribution < -0.4 is 5.32 Å². The number of aryl methyl sites for hydroxylation is 2. The average Bonchev–Trinajstić information content (AvgIpc) is 2.91. The van der Waals surface area contributed by atoms with Gasteiger partial charge in [0.1, 0.15) is 0 Å². The molecule has 0 saturated heterocycles. The van der Waals surface area contributed by atoms with Gasteiger partial charge in [-0.3, -0.25) is 0 Å². The highest BCUT2D eigenvalue weighted by atomic mass is 32.1. The van der Waals surface area contributed by atoms with E-state index < -0.39 is 0 Å². The second kappa shape index (κ2) is 5.88. The standard InChI is InChI=1S/C13H23N5S/c1-6-17(4)9(2)7-8-14-13-15-12-11(19-13)10(3)16-18(12)5/h9H,6-8H2,1-5H3,(H,14,15)/t9-/m0/s1. The Balaban J connectivity index is 1.93. The number of aromatic nitrogens is 3. The van der Waals surface area contributed by atoms with Crippen molar-refractivity contribution in [1.82, 2.24) is 19.7 Å². The molecular formula is C13H23N5S. The molecule has 0 bridgehead atoms. The van der Waals surface area contributed by atoms with Crippen LogP contribution in [0.2, 0.25) is 0 Å². The van der Waals surface area contributed by atoms with E-state index in [0.717, 1.165) is 36.0 Å². The fraction of sp³-hybridized carbons (Fsp3) is 0.692. The summed E-state index contributed by atoms with van der Waals surface area (Å²) in [5.41, 5.74) is 2.03. The molecule has 5 nitrogen and oxygen atoms in total. The Hall–Kier alpha value is -1.14. The zero-order chi connectivity index (χ0) is 14.0. The molecule has 0 fully saturated rings. The molecular weight excluding hydrogens is 258 g/mol. The van der Waals surface area contributed by atoms with Crippen LogP contribution in [0.4, 0.5) is 5.13 Å². The van der Waals surface area contributed by atoms with Crippen molar-refractivity contribution in [3.63, 3.8) is 0 Å². The third kappa shape index (κ3) is 3.06. The van der Waals surface area contributed by atoms with Gasteiger partial charge in [0.05, 0.1) is 10.4 Å². The molecule has 19 heavy (non-hydrogen) atoms. The van der Waals surface area contributed by atoms with Gasteiger partial charge in [-0.25, -0.2) is 9.67 Å². The van der Waals surface area contributed by atoms with Crippen LogP contribution in [0.3, 0.4) is 0 Å². The van der Waals surface area contributed by atoms with Crippen molar-refractivity contribution in [3.05, 3.63) is 5.69 Å². The number of nitrogens with zero attached hydrogens (tertiary/aromatic N) is 4. The van der Waals surface area contributed by atoms with Gasteiger partial charge in [-0.1, -0.05) is 18.3 Å². The van der Waals surface area contributed by atoms with Gasteiger partial charge in [0, 0.05) is 19.6 Å². The molecule has 0 aliphatic carbocycles. The Labute approximate surface area is 118 Å². The first kappa shape index (κ1) is 14.3. The van der Waals surface area contributed by atoms with Gasteiger partial charge in [0.15, 0.2) is 10.8 Å². The molecule has 6 heteroatoms. The van der Waals surface area contributed by atoms with E-state index >= 15 is 0 Å². The topological polar surface area (TPSA) is 46.0 Å². The van der Waals surface area contributed by atoms with Crippen LogP contribution in [-0.2, 0) is 7.05 Å².